The molecule has 5 heteroatoms. The van der Waals surface area contributed by atoms with Crippen LogP contribution in [0, 0.1) is 0 Å². The lowest BCUT2D eigenvalue weighted by atomic mass is 9.89. The summed E-state index contributed by atoms with van der Waals surface area (Å²) in [6.07, 6.45) is 5.40. The molecule has 0 aliphatic carbocycles. The molecule has 0 aliphatic rings. The van der Waals surface area contributed by atoms with Gasteiger partial charge in [0.2, 0.25) is 0 Å². The average molecular weight is 417 g/mol. The topological polar surface area (TPSA) is 63.1 Å². The number of hydrogen-bond donors (Lipinski definition) is 1. The van der Waals surface area contributed by atoms with E-state index in [-0.39, 0.29) is 11.0 Å². The van der Waals surface area contributed by atoms with Gasteiger partial charge in [-0.25, -0.2) is 4.79 Å². The summed E-state index contributed by atoms with van der Waals surface area (Å²) < 4.78 is 0. The molecular weight excluding hydrogens is 396 g/mol. The third-order valence-electron chi connectivity index (χ3n) is 5.12. The Balaban J connectivity index is 1.95. The second kappa shape index (κ2) is 7.54. The van der Waals surface area contributed by atoms with E-state index >= 15 is 0 Å². The molecule has 0 atom stereocenters. The first-order chi connectivity index (χ1) is 14.2. The van der Waals surface area contributed by atoms with Crippen molar-refractivity contribution in [1.29, 1.82) is 0 Å². The van der Waals surface area contributed by atoms with Crippen molar-refractivity contribution in [3.63, 3.8) is 0 Å². The van der Waals surface area contributed by atoms with Gasteiger partial charge < -0.3 is 5.11 Å². The first-order valence-corrected chi connectivity index (χ1v) is 10.00. The molecule has 4 aromatic rings. The highest BCUT2D eigenvalue weighted by molar-refractivity contribution is 6.34. The Labute approximate surface area is 180 Å². The maximum atomic E-state index is 11.3. The Morgan fingerprint density at radius 1 is 0.933 bits per heavy atom. The van der Waals surface area contributed by atoms with Crippen LogP contribution in [-0.4, -0.2) is 21.0 Å². The lowest BCUT2D eigenvalue weighted by molar-refractivity contribution is 0.0697. The Morgan fingerprint density at radius 3 is 2.43 bits per heavy atom. The van der Waals surface area contributed by atoms with E-state index in [1.807, 2.05) is 24.5 Å². The fourth-order valence-corrected chi connectivity index (χ4v) is 3.77. The van der Waals surface area contributed by atoms with Crippen molar-refractivity contribution in [2.75, 3.05) is 0 Å². The lowest BCUT2D eigenvalue weighted by Gasteiger charge is -2.19. The molecule has 30 heavy (non-hydrogen) atoms. The number of hydrogen-bond acceptors (Lipinski definition) is 3. The van der Waals surface area contributed by atoms with Gasteiger partial charge in [0.1, 0.15) is 0 Å². The highest BCUT2D eigenvalue weighted by Gasteiger charge is 2.17. The van der Waals surface area contributed by atoms with Crippen LogP contribution >= 0.6 is 11.6 Å². The van der Waals surface area contributed by atoms with E-state index in [1.165, 1.54) is 6.07 Å². The maximum absolute atomic E-state index is 11.3. The third-order valence-corrected chi connectivity index (χ3v) is 5.43. The molecule has 0 spiro atoms. The quantitative estimate of drug-likeness (QED) is 0.408. The molecule has 1 N–H and O–H groups in total. The van der Waals surface area contributed by atoms with Gasteiger partial charge in [0.25, 0.3) is 0 Å². The summed E-state index contributed by atoms with van der Waals surface area (Å²) in [5.74, 6) is -1.00. The Morgan fingerprint density at radius 2 is 1.73 bits per heavy atom. The third kappa shape index (κ3) is 3.79. The van der Waals surface area contributed by atoms with Crippen molar-refractivity contribution < 1.29 is 9.90 Å². The van der Waals surface area contributed by atoms with E-state index in [0.29, 0.717) is 5.02 Å². The van der Waals surface area contributed by atoms with Crippen LogP contribution in [-0.2, 0) is 5.41 Å². The monoisotopic (exact) mass is 416 g/mol. The number of fused-ring (bicyclic) bond motifs is 1. The Bertz CT molecular complexity index is 1280. The Hall–Kier alpha value is -3.24. The minimum absolute atomic E-state index is 0.0623. The number of aromatic carboxylic acids is 1. The van der Waals surface area contributed by atoms with Gasteiger partial charge in [-0.15, -0.1) is 0 Å². The molecule has 150 valence electrons. The summed E-state index contributed by atoms with van der Waals surface area (Å²) in [6, 6.07) is 15.1. The number of benzene rings is 2. The average Bonchev–Trinajstić information content (AvgIpc) is 2.72. The number of rotatable bonds is 3. The van der Waals surface area contributed by atoms with Crippen LogP contribution in [0.5, 0.6) is 0 Å². The van der Waals surface area contributed by atoms with Crippen molar-refractivity contribution in [2.45, 2.75) is 26.2 Å². The molecule has 4 rings (SSSR count). The number of carbonyl (C=O) groups is 1. The maximum Gasteiger partial charge on any atom is 0.335 e. The van der Waals surface area contributed by atoms with Crippen molar-refractivity contribution in [3.05, 3.63) is 83.4 Å². The largest absolute Gasteiger partial charge is 0.478 e. The van der Waals surface area contributed by atoms with Crippen molar-refractivity contribution >= 4 is 28.3 Å². The molecule has 0 bridgehead atoms. The van der Waals surface area contributed by atoms with Gasteiger partial charge in [-0.2, -0.15) is 0 Å². The molecule has 0 unspecified atom stereocenters. The summed E-state index contributed by atoms with van der Waals surface area (Å²) in [7, 11) is 0. The minimum atomic E-state index is -1.00. The van der Waals surface area contributed by atoms with E-state index < -0.39 is 5.97 Å². The molecule has 0 radical (unpaired) electrons. The second-order valence-corrected chi connectivity index (χ2v) is 8.71. The van der Waals surface area contributed by atoms with Gasteiger partial charge in [0, 0.05) is 45.7 Å². The van der Waals surface area contributed by atoms with Crippen molar-refractivity contribution in [3.8, 4) is 22.3 Å². The molecule has 2 aromatic heterocycles. The fourth-order valence-electron chi connectivity index (χ4n) is 3.49. The number of carboxylic acid groups (broad SMARTS) is 1. The van der Waals surface area contributed by atoms with Gasteiger partial charge in [-0.3, -0.25) is 9.97 Å². The van der Waals surface area contributed by atoms with Crippen LogP contribution in [0.4, 0.5) is 0 Å². The highest BCUT2D eigenvalue weighted by atomic mass is 35.5. The van der Waals surface area contributed by atoms with E-state index in [4.69, 9.17) is 11.6 Å². The van der Waals surface area contributed by atoms with Crippen molar-refractivity contribution in [2.24, 2.45) is 0 Å². The Kier molecular flexibility index (Phi) is 5.04. The van der Waals surface area contributed by atoms with Crippen LogP contribution in [0.3, 0.4) is 0 Å². The van der Waals surface area contributed by atoms with Crippen LogP contribution in [0.2, 0.25) is 5.02 Å². The lowest BCUT2D eigenvalue weighted by Crippen LogP contribution is -2.13. The van der Waals surface area contributed by atoms with Crippen molar-refractivity contribution in [1.82, 2.24) is 9.97 Å². The van der Waals surface area contributed by atoms with Crippen LogP contribution in [0.25, 0.3) is 33.0 Å². The smallest absolute Gasteiger partial charge is 0.335 e. The summed E-state index contributed by atoms with van der Waals surface area (Å²) in [4.78, 5) is 20.1. The number of aromatic nitrogens is 2. The number of halogens is 1. The fraction of sp³-hybridized carbons (Fsp3) is 0.160. The zero-order valence-electron chi connectivity index (χ0n) is 17.0. The molecule has 0 fully saturated rings. The molecule has 0 amide bonds. The molecule has 4 nitrogen and oxygen atoms in total. The standard InChI is InChI=1S/C25H21ClN2O2/c1-25(2,3)23-13-15(6-9-28-23)17-10-18-14-27-8-7-19(18)21(11-17)20-5-4-16(24(29)30)12-22(20)26/h4-14H,1-3H3,(H,29,30). The van der Waals surface area contributed by atoms with Gasteiger partial charge in [0.15, 0.2) is 0 Å². The summed E-state index contributed by atoms with van der Waals surface area (Å²) in [6.45, 7) is 6.41. The molecule has 0 saturated carbocycles. The number of carboxylic acids is 1. The van der Waals surface area contributed by atoms with Crippen LogP contribution in [0.15, 0.2) is 67.1 Å². The van der Waals surface area contributed by atoms with Gasteiger partial charge in [-0.1, -0.05) is 38.4 Å². The van der Waals surface area contributed by atoms with Gasteiger partial charge in [-0.05, 0) is 64.5 Å². The molecule has 2 heterocycles. The molecule has 0 saturated heterocycles. The zero-order valence-corrected chi connectivity index (χ0v) is 17.7. The van der Waals surface area contributed by atoms with Crippen LogP contribution in [0.1, 0.15) is 36.8 Å². The molecular formula is C25H21ClN2O2. The molecule has 0 aliphatic heterocycles. The van der Waals surface area contributed by atoms with E-state index in [2.05, 4.69) is 48.9 Å². The SMILES string of the molecule is CC(C)(C)c1cc(-c2cc(-c3ccc(C(=O)O)cc3Cl)c3ccncc3c2)ccn1. The highest BCUT2D eigenvalue weighted by Crippen LogP contribution is 2.38. The molecule has 2 aromatic carbocycles. The minimum Gasteiger partial charge on any atom is -0.478 e. The second-order valence-electron chi connectivity index (χ2n) is 8.30. The van der Waals surface area contributed by atoms with Gasteiger partial charge in [0.05, 0.1) is 5.56 Å². The summed E-state index contributed by atoms with van der Waals surface area (Å²) >= 11 is 6.50. The first kappa shape index (κ1) is 20.0. The predicted molar refractivity (Wildman–Crippen MR) is 121 cm³/mol. The number of nitrogens with zero attached hydrogens (tertiary/aromatic N) is 2. The summed E-state index contributed by atoms with van der Waals surface area (Å²) in [5, 5.41) is 11.6. The first-order valence-electron chi connectivity index (χ1n) is 9.62. The summed E-state index contributed by atoms with van der Waals surface area (Å²) in [5.41, 5.74) is 4.90. The normalized spacial score (nSPS) is 11.6. The van der Waals surface area contributed by atoms with E-state index in [0.717, 1.165) is 38.7 Å². The van der Waals surface area contributed by atoms with Crippen LogP contribution < -0.4 is 0 Å². The zero-order chi connectivity index (χ0) is 21.5. The van der Waals surface area contributed by atoms with E-state index in [9.17, 15) is 9.90 Å². The van der Waals surface area contributed by atoms with Gasteiger partial charge >= 0.3 is 5.97 Å². The predicted octanol–water partition coefficient (Wildman–Crippen LogP) is 6.61. The number of pyridine rings is 2. The van der Waals surface area contributed by atoms with E-state index in [1.54, 1.807) is 18.3 Å².